The van der Waals surface area contributed by atoms with Crippen molar-refractivity contribution in [3.8, 4) is 0 Å². The second-order valence-corrected chi connectivity index (χ2v) is 8.33. The van der Waals surface area contributed by atoms with Crippen LogP contribution in [-0.4, -0.2) is 26.3 Å². The van der Waals surface area contributed by atoms with E-state index in [-0.39, 0.29) is 0 Å². The van der Waals surface area contributed by atoms with Crippen molar-refractivity contribution in [1.82, 2.24) is 5.32 Å². The molecule has 2 rings (SSSR count). The van der Waals surface area contributed by atoms with E-state index in [1.165, 1.54) is 45.2 Å². The standard InChI is InChI=1S/C18H35NO/c1-14(2)12-19-13-16-5-8-18(3,4)11-17(16)15-6-9-20-10-7-15/h14-17,19H,5-13H2,1-4H3. The predicted molar refractivity (Wildman–Crippen MR) is 85.9 cm³/mol. The van der Waals surface area contributed by atoms with Gasteiger partial charge >= 0.3 is 0 Å². The Hall–Kier alpha value is -0.0800. The zero-order valence-corrected chi connectivity index (χ0v) is 14.1. The third-order valence-electron chi connectivity index (χ3n) is 5.42. The number of ether oxygens (including phenoxy) is 1. The monoisotopic (exact) mass is 281 g/mol. The van der Waals surface area contributed by atoms with Gasteiger partial charge < -0.3 is 10.1 Å². The van der Waals surface area contributed by atoms with Crippen LogP contribution in [0.25, 0.3) is 0 Å². The molecule has 1 aliphatic heterocycles. The largest absolute Gasteiger partial charge is 0.381 e. The third kappa shape index (κ3) is 4.73. The van der Waals surface area contributed by atoms with Gasteiger partial charge in [-0.2, -0.15) is 0 Å². The van der Waals surface area contributed by atoms with Crippen LogP contribution in [-0.2, 0) is 4.74 Å². The van der Waals surface area contributed by atoms with Crippen molar-refractivity contribution in [3.05, 3.63) is 0 Å². The van der Waals surface area contributed by atoms with E-state index >= 15 is 0 Å². The zero-order valence-electron chi connectivity index (χ0n) is 14.1. The molecule has 2 nitrogen and oxygen atoms in total. The van der Waals surface area contributed by atoms with Crippen molar-refractivity contribution < 1.29 is 4.74 Å². The molecule has 2 fully saturated rings. The molecule has 2 aliphatic rings. The highest BCUT2D eigenvalue weighted by molar-refractivity contribution is 4.90. The minimum absolute atomic E-state index is 0.553. The Kier molecular flexibility index (Phi) is 5.92. The maximum absolute atomic E-state index is 5.57. The summed E-state index contributed by atoms with van der Waals surface area (Å²) < 4.78 is 5.57. The topological polar surface area (TPSA) is 21.3 Å². The van der Waals surface area contributed by atoms with Crippen LogP contribution in [0.4, 0.5) is 0 Å². The summed E-state index contributed by atoms with van der Waals surface area (Å²) in [5.74, 6) is 3.48. The minimum Gasteiger partial charge on any atom is -0.381 e. The van der Waals surface area contributed by atoms with Gasteiger partial charge in [0.1, 0.15) is 0 Å². The third-order valence-corrected chi connectivity index (χ3v) is 5.42. The molecule has 20 heavy (non-hydrogen) atoms. The molecule has 1 heterocycles. The quantitative estimate of drug-likeness (QED) is 0.819. The molecule has 0 aromatic carbocycles. The molecule has 0 amide bonds. The smallest absolute Gasteiger partial charge is 0.0468 e. The summed E-state index contributed by atoms with van der Waals surface area (Å²) in [6.07, 6.45) is 6.83. The average molecular weight is 281 g/mol. The van der Waals surface area contributed by atoms with E-state index in [9.17, 15) is 0 Å². The van der Waals surface area contributed by atoms with E-state index in [1.54, 1.807) is 0 Å². The van der Waals surface area contributed by atoms with Crippen LogP contribution in [0.5, 0.6) is 0 Å². The Morgan fingerprint density at radius 2 is 1.85 bits per heavy atom. The molecule has 0 bridgehead atoms. The van der Waals surface area contributed by atoms with Crippen LogP contribution in [0.3, 0.4) is 0 Å². The lowest BCUT2D eigenvalue weighted by Gasteiger charge is -2.45. The summed E-state index contributed by atoms with van der Waals surface area (Å²) in [5.41, 5.74) is 0.553. The van der Waals surface area contributed by atoms with Gasteiger partial charge in [-0.15, -0.1) is 0 Å². The maximum Gasteiger partial charge on any atom is 0.0468 e. The first-order chi connectivity index (χ1) is 9.48. The fraction of sp³-hybridized carbons (Fsp3) is 1.00. The molecule has 0 radical (unpaired) electrons. The van der Waals surface area contributed by atoms with Crippen molar-refractivity contribution >= 4 is 0 Å². The van der Waals surface area contributed by atoms with Crippen LogP contribution >= 0.6 is 0 Å². The van der Waals surface area contributed by atoms with Crippen LogP contribution < -0.4 is 5.32 Å². The highest BCUT2D eigenvalue weighted by atomic mass is 16.5. The second kappa shape index (κ2) is 7.26. The van der Waals surface area contributed by atoms with E-state index in [1.807, 2.05) is 0 Å². The van der Waals surface area contributed by atoms with Crippen LogP contribution in [0.15, 0.2) is 0 Å². The normalized spacial score (nSPS) is 31.6. The van der Waals surface area contributed by atoms with Gasteiger partial charge in [-0.1, -0.05) is 27.7 Å². The van der Waals surface area contributed by atoms with Crippen LogP contribution in [0.1, 0.15) is 59.8 Å². The van der Waals surface area contributed by atoms with Gasteiger partial charge in [-0.25, -0.2) is 0 Å². The predicted octanol–water partition coefficient (Wildman–Crippen LogP) is 4.10. The highest BCUT2D eigenvalue weighted by Crippen LogP contribution is 2.46. The first-order valence-corrected chi connectivity index (χ1v) is 8.76. The fourth-order valence-corrected chi connectivity index (χ4v) is 4.20. The summed E-state index contributed by atoms with van der Waals surface area (Å²) in [5, 5.41) is 3.72. The first kappa shape index (κ1) is 16.3. The molecule has 118 valence electrons. The molecular weight excluding hydrogens is 246 g/mol. The second-order valence-electron chi connectivity index (χ2n) is 8.33. The Balaban J connectivity index is 1.92. The van der Waals surface area contributed by atoms with Crippen molar-refractivity contribution in [1.29, 1.82) is 0 Å². The van der Waals surface area contributed by atoms with Gasteiger partial charge in [0.05, 0.1) is 0 Å². The summed E-state index contributed by atoms with van der Waals surface area (Å²) in [6, 6.07) is 0. The van der Waals surface area contributed by atoms with Gasteiger partial charge in [-0.3, -0.25) is 0 Å². The molecule has 1 saturated carbocycles. The molecule has 0 aromatic rings. The van der Waals surface area contributed by atoms with Crippen molar-refractivity contribution in [2.24, 2.45) is 29.1 Å². The summed E-state index contributed by atoms with van der Waals surface area (Å²) in [7, 11) is 0. The Labute approximate surface area is 126 Å². The number of nitrogens with one attached hydrogen (secondary N) is 1. The Morgan fingerprint density at radius 3 is 2.50 bits per heavy atom. The van der Waals surface area contributed by atoms with Crippen LogP contribution in [0, 0.1) is 29.1 Å². The van der Waals surface area contributed by atoms with Crippen molar-refractivity contribution in [2.45, 2.75) is 59.8 Å². The van der Waals surface area contributed by atoms with E-state index in [2.05, 4.69) is 33.0 Å². The first-order valence-electron chi connectivity index (χ1n) is 8.76. The molecule has 2 unspecified atom stereocenters. The molecule has 0 spiro atoms. The van der Waals surface area contributed by atoms with Gasteiger partial charge in [0.2, 0.25) is 0 Å². The number of hydrogen-bond donors (Lipinski definition) is 1. The fourth-order valence-electron chi connectivity index (χ4n) is 4.20. The lowest BCUT2D eigenvalue weighted by molar-refractivity contribution is 0.000728. The molecule has 2 heteroatoms. The van der Waals surface area contributed by atoms with Gasteiger partial charge in [-0.05, 0) is 74.3 Å². The molecule has 0 aromatic heterocycles. The molecule has 1 N–H and O–H groups in total. The molecule has 1 saturated heterocycles. The van der Waals surface area contributed by atoms with E-state index in [4.69, 9.17) is 4.74 Å². The molecule has 1 aliphatic carbocycles. The minimum atomic E-state index is 0.553. The molecular formula is C18H35NO. The molecule has 2 atom stereocenters. The van der Waals surface area contributed by atoms with Gasteiger partial charge in [0, 0.05) is 13.2 Å². The zero-order chi connectivity index (χ0) is 14.6. The van der Waals surface area contributed by atoms with Crippen LogP contribution in [0.2, 0.25) is 0 Å². The van der Waals surface area contributed by atoms with E-state index < -0.39 is 0 Å². The highest BCUT2D eigenvalue weighted by Gasteiger charge is 2.39. The van der Waals surface area contributed by atoms with E-state index in [0.717, 1.165) is 36.9 Å². The number of hydrogen-bond acceptors (Lipinski definition) is 2. The summed E-state index contributed by atoms with van der Waals surface area (Å²) in [4.78, 5) is 0. The van der Waals surface area contributed by atoms with Crippen molar-refractivity contribution in [3.63, 3.8) is 0 Å². The van der Waals surface area contributed by atoms with Crippen molar-refractivity contribution in [2.75, 3.05) is 26.3 Å². The average Bonchev–Trinajstić information content (AvgIpc) is 2.40. The lowest BCUT2D eigenvalue weighted by atomic mass is 9.62. The van der Waals surface area contributed by atoms with Gasteiger partial charge in [0.15, 0.2) is 0 Å². The lowest BCUT2D eigenvalue weighted by Crippen LogP contribution is -2.41. The SMILES string of the molecule is CC(C)CNCC1CCC(C)(C)CC1C1CCOCC1. The Morgan fingerprint density at radius 1 is 1.15 bits per heavy atom. The Bertz CT molecular complexity index is 281. The summed E-state index contributed by atoms with van der Waals surface area (Å²) in [6.45, 7) is 13.9. The van der Waals surface area contributed by atoms with Gasteiger partial charge in [0.25, 0.3) is 0 Å². The van der Waals surface area contributed by atoms with E-state index in [0.29, 0.717) is 5.41 Å². The maximum atomic E-state index is 5.57. The number of rotatable bonds is 5. The summed E-state index contributed by atoms with van der Waals surface area (Å²) >= 11 is 0.